The summed E-state index contributed by atoms with van der Waals surface area (Å²) in [4.78, 5) is 14.0. The van der Waals surface area contributed by atoms with Gasteiger partial charge in [-0.15, -0.1) is 0 Å². The van der Waals surface area contributed by atoms with Crippen molar-refractivity contribution in [2.45, 2.75) is 13.3 Å². The quantitative estimate of drug-likeness (QED) is 0.508. The van der Waals surface area contributed by atoms with Gasteiger partial charge in [-0.2, -0.15) is 0 Å². The molecule has 66 valence electrons. The fourth-order valence-electron chi connectivity index (χ4n) is 0.900. The summed E-state index contributed by atoms with van der Waals surface area (Å²) in [6.45, 7) is 1.83. The zero-order valence-corrected chi connectivity index (χ0v) is 7.37. The summed E-state index contributed by atoms with van der Waals surface area (Å²) < 4.78 is 0. The third-order valence-corrected chi connectivity index (χ3v) is 1.52. The van der Waals surface area contributed by atoms with Crippen molar-refractivity contribution in [1.29, 1.82) is 0 Å². The smallest absolute Gasteiger partial charge is 0.131 e. The van der Waals surface area contributed by atoms with Crippen LogP contribution in [-0.2, 0) is 4.79 Å². The van der Waals surface area contributed by atoms with Crippen LogP contribution in [0.15, 0.2) is 12.1 Å². The lowest BCUT2D eigenvalue weighted by Gasteiger charge is -1.97. The standard InChI is InChI=1S/C10H10N2O/c1-8-9(4-2-3-7-13)5-6-10(11)12-8/h5-7H,3H2,1H3,(H2,11,12). The number of carbonyl (C=O) groups excluding carboxylic acids is 1. The number of hydrogen-bond donors (Lipinski definition) is 1. The highest BCUT2D eigenvalue weighted by atomic mass is 16.1. The van der Waals surface area contributed by atoms with Crippen molar-refractivity contribution in [3.8, 4) is 11.8 Å². The van der Waals surface area contributed by atoms with Gasteiger partial charge in [-0.25, -0.2) is 4.98 Å². The molecule has 0 spiro atoms. The van der Waals surface area contributed by atoms with E-state index in [4.69, 9.17) is 5.73 Å². The molecule has 0 saturated heterocycles. The highest BCUT2D eigenvalue weighted by molar-refractivity contribution is 5.55. The molecule has 2 N–H and O–H groups in total. The van der Waals surface area contributed by atoms with Crippen molar-refractivity contribution in [3.05, 3.63) is 23.4 Å². The van der Waals surface area contributed by atoms with Crippen molar-refractivity contribution in [1.82, 2.24) is 4.98 Å². The summed E-state index contributed by atoms with van der Waals surface area (Å²) >= 11 is 0. The lowest BCUT2D eigenvalue weighted by atomic mass is 10.2. The first-order chi connectivity index (χ1) is 6.24. The van der Waals surface area contributed by atoms with Crippen LogP contribution in [0, 0.1) is 18.8 Å². The zero-order valence-electron chi connectivity index (χ0n) is 7.37. The molecule has 1 rings (SSSR count). The fraction of sp³-hybridized carbons (Fsp3) is 0.200. The van der Waals surface area contributed by atoms with Gasteiger partial charge in [0.05, 0.1) is 12.1 Å². The van der Waals surface area contributed by atoms with Crippen LogP contribution in [0.1, 0.15) is 17.7 Å². The second-order valence-electron chi connectivity index (χ2n) is 2.54. The molecular formula is C10H10N2O. The van der Waals surface area contributed by atoms with Gasteiger partial charge in [0, 0.05) is 5.56 Å². The number of pyridine rings is 1. The molecule has 0 atom stereocenters. The van der Waals surface area contributed by atoms with Crippen LogP contribution in [0.4, 0.5) is 5.82 Å². The first-order valence-electron chi connectivity index (χ1n) is 3.89. The fourth-order valence-corrected chi connectivity index (χ4v) is 0.900. The molecule has 0 radical (unpaired) electrons. The molecule has 1 aromatic rings. The van der Waals surface area contributed by atoms with E-state index in [-0.39, 0.29) is 6.42 Å². The maximum absolute atomic E-state index is 10.00. The van der Waals surface area contributed by atoms with Gasteiger partial charge in [-0.05, 0) is 19.1 Å². The second kappa shape index (κ2) is 4.27. The number of nitrogen functional groups attached to an aromatic ring is 1. The van der Waals surface area contributed by atoms with Crippen LogP contribution < -0.4 is 5.73 Å². The Morgan fingerprint density at radius 1 is 1.62 bits per heavy atom. The summed E-state index contributed by atoms with van der Waals surface area (Å²) in [6, 6.07) is 3.49. The molecule has 0 amide bonds. The minimum atomic E-state index is 0.254. The van der Waals surface area contributed by atoms with Gasteiger partial charge in [-0.3, -0.25) is 0 Å². The molecule has 3 nitrogen and oxygen atoms in total. The Kier molecular flexibility index (Phi) is 3.04. The van der Waals surface area contributed by atoms with Crippen LogP contribution >= 0.6 is 0 Å². The Labute approximate surface area is 77.0 Å². The first-order valence-corrected chi connectivity index (χ1v) is 3.89. The molecule has 0 aliphatic rings. The molecule has 1 heterocycles. The highest BCUT2D eigenvalue weighted by Crippen LogP contribution is 2.05. The van der Waals surface area contributed by atoms with Gasteiger partial charge in [0.1, 0.15) is 12.1 Å². The average Bonchev–Trinajstić information content (AvgIpc) is 2.09. The van der Waals surface area contributed by atoms with E-state index in [2.05, 4.69) is 16.8 Å². The van der Waals surface area contributed by atoms with E-state index in [0.717, 1.165) is 17.5 Å². The molecule has 0 saturated carbocycles. The summed E-state index contributed by atoms with van der Waals surface area (Å²) in [7, 11) is 0. The highest BCUT2D eigenvalue weighted by Gasteiger charge is 1.95. The van der Waals surface area contributed by atoms with Crippen molar-refractivity contribution >= 4 is 12.1 Å². The van der Waals surface area contributed by atoms with Gasteiger partial charge in [0.2, 0.25) is 0 Å². The van der Waals surface area contributed by atoms with E-state index in [9.17, 15) is 4.79 Å². The monoisotopic (exact) mass is 174 g/mol. The molecule has 0 aliphatic heterocycles. The molecule has 1 aromatic heterocycles. The topological polar surface area (TPSA) is 56.0 Å². The zero-order chi connectivity index (χ0) is 9.68. The molecular weight excluding hydrogens is 164 g/mol. The molecule has 0 aliphatic carbocycles. The molecule has 0 aromatic carbocycles. The lowest BCUT2D eigenvalue weighted by molar-refractivity contribution is -0.107. The van der Waals surface area contributed by atoms with Crippen molar-refractivity contribution in [2.24, 2.45) is 0 Å². The minimum absolute atomic E-state index is 0.254. The van der Waals surface area contributed by atoms with Crippen LogP contribution in [0.2, 0.25) is 0 Å². The number of anilines is 1. The number of carbonyl (C=O) groups is 1. The van der Waals surface area contributed by atoms with E-state index >= 15 is 0 Å². The van der Waals surface area contributed by atoms with Crippen LogP contribution in [0.3, 0.4) is 0 Å². The third-order valence-electron chi connectivity index (χ3n) is 1.52. The van der Waals surface area contributed by atoms with E-state index in [1.807, 2.05) is 6.92 Å². The molecule has 0 unspecified atom stereocenters. The Morgan fingerprint density at radius 3 is 3.00 bits per heavy atom. The maximum Gasteiger partial charge on any atom is 0.131 e. The van der Waals surface area contributed by atoms with E-state index < -0.39 is 0 Å². The van der Waals surface area contributed by atoms with Gasteiger partial charge in [0.25, 0.3) is 0 Å². The van der Waals surface area contributed by atoms with Crippen molar-refractivity contribution < 1.29 is 4.79 Å². The van der Waals surface area contributed by atoms with Gasteiger partial charge >= 0.3 is 0 Å². The maximum atomic E-state index is 10.00. The summed E-state index contributed by atoms with van der Waals surface area (Å²) in [6.07, 6.45) is 1.02. The predicted molar refractivity (Wildman–Crippen MR) is 50.9 cm³/mol. The van der Waals surface area contributed by atoms with E-state index in [1.54, 1.807) is 12.1 Å². The SMILES string of the molecule is Cc1nc(N)ccc1C#CCC=O. The van der Waals surface area contributed by atoms with Crippen LogP contribution in [0.5, 0.6) is 0 Å². The number of aldehydes is 1. The number of aryl methyl sites for hydroxylation is 1. The van der Waals surface area contributed by atoms with E-state index in [0.29, 0.717) is 5.82 Å². The molecule has 0 fully saturated rings. The van der Waals surface area contributed by atoms with E-state index in [1.165, 1.54) is 0 Å². The largest absolute Gasteiger partial charge is 0.384 e. The Balaban J connectivity index is 2.91. The van der Waals surface area contributed by atoms with Gasteiger partial charge < -0.3 is 10.5 Å². The number of aromatic nitrogens is 1. The first kappa shape index (κ1) is 9.27. The molecule has 0 bridgehead atoms. The Hall–Kier alpha value is -1.82. The summed E-state index contributed by atoms with van der Waals surface area (Å²) in [5, 5.41) is 0. The van der Waals surface area contributed by atoms with Crippen molar-refractivity contribution in [3.63, 3.8) is 0 Å². The Morgan fingerprint density at radius 2 is 2.38 bits per heavy atom. The predicted octanol–water partition coefficient (Wildman–Crippen LogP) is 0.913. The average molecular weight is 174 g/mol. The number of nitrogens with two attached hydrogens (primary N) is 1. The minimum Gasteiger partial charge on any atom is -0.384 e. The lowest BCUT2D eigenvalue weighted by Crippen LogP contribution is -1.94. The third kappa shape index (κ3) is 2.60. The van der Waals surface area contributed by atoms with Crippen LogP contribution in [-0.4, -0.2) is 11.3 Å². The number of rotatable bonds is 1. The van der Waals surface area contributed by atoms with Gasteiger partial charge in [0.15, 0.2) is 0 Å². The van der Waals surface area contributed by atoms with Crippen LogP contribution in [0.25, 0.3) is 0 Å². The normalized spacial score (nSPS) is 8.69. The van der Waals surface area contributed by atoms with Crippen molar-refractivity contribution in [2.75, 3.05) is 5.73 Å². The number of nitrogens with zero attached hydrogens (tertiary/aromatic N) is 1. The summed E-state index contributed by atoms with van der Waals surface area (Å²) in [5.74, 6) is 6.04. The summed E-state index contributed by atoms with van der Waals surface area (Å²) in [5.41, 5.74) is 7.07. The molecule has 13 heavy (non-hydrogen) atoms. The second-order valence-corrected chi connectivity index (χ2v) is 2.54. The number of hydrogen-bond acceptors (Lipinski definition) is 3. The Bertz CT molecular complexity index is 374. The molecule has 3 heteroatoms. The van der Waals surface area contributed by atoms with Gasteiger partial charge in [-0.1, -0.05) is 11.8 Å².